The summed E-state index contributed by atoms with van der Waals surface area (Å²) in [5.74, 6) is 0. The van der Waals surface area contributed by atoms with Crippen molar-refractivity contribution < 1.29 is 8.42 Å². The Morgan fingerprint density at radius 2 is 1.95 bits per heavy atom. The first-order chi connectivity index (χ1) is 9.46. The molecule has 4 nitrogen and oxygen atoms in total. The molecule has 6 heteroatoms. The van der Waals surface area contributed by atoms with Crippen LogP contribution in [0.25, 0.3) is 6.08 Å². The molecule has 104 valence electrons. The second kappa shape index (κ2) is 6.19. The second-order valence-electron chi connectivity index (χ2n) is 4.19. The van der Waals surface area contributed by atoms with Crippen LogP contribution in [0.1, 0.15) is 11.1 Å². The molecule has 0 fully saturated rings. The normalized spacial score (nSPS) is 11.7. The van der Waals surface area contributed by atoms with E-state index in [9.17, 15) is 8.42 Å². The van der Waals surface area contributed by atoms with E-state index in [0.29, 0.717) is 10.3 Å². The molecular weight excluding hydrogens is 340 g/mol. The summed E-state index contributed by atoms with van der Waals surface area (Å²) in [5.41, 5.74) is 2.11. The van der Waals surface area contributed by atoms with Crippen LogP contribution < -0.4 is 4.72 Å². The average molecular weight is 353 g/mol. The number of hydrogen-bond acceptors (Lipinski definition) is 3. The molecule has 1 heterocycles. The Morgan fingerprint density at radius 1 is 1.25 bits per heavy atom. The second-order valence-corrected chi connectivity index (χ2v) is 6.51. The van der Waals surface area contributed by atoms with Gasteiger partial charge in [-0.1, -0.05) is 30.3 Å². The molecule has 2 rings (SSSR count). The monoisotopic (exact) mass is 352 g/mol. The Labute approximate surface area is 126 Å². The smallest absolute Gasteiger partial charge is 0.255 e. The number of aromatic nitrogens is 1. The van der Waals surface area contributed by atoms with Crippen molar-refractivity contribution in [3.63, 3.8) is 0 Å². The topological polar surface area (TPSA) is 59.1 Å². The van der Waals surface area contributed by atoms with Crippen LogP contribution in [0, 0.1) is 6.92 Å². The van der Waals surface area contributed by atoms with E-state index < -0.39 is 10.0 Å². The van der Waals surface area contributed by atoms with E-state index in [1.807, 2.05) is 37.3 Å². The summed E-state index contributed by atoms with van der Waals surface area (Å²) in [6, 6.07) is 10.9. The number of nitrogens with one attached hydrogen (secondary N) is 1. The quantitative estimate of drug-likeness (QED) is 0.855. The summed E-state index contributed by atoms with van der Waals surface area (Å²) in [4.78, 5) is 4.05. The van der Waals surface area contributed by atoms with Gasteiger partial charge < -0.3 is 0 Å². The van der Waals surface area contributed by atoms with Gasteiger partial charge >= 0.3 is 0 Å². The molecule has 0 radical (unpaired) electrons. The number of hydrogen-bond donors (Lipinski definition) is 1. The van der Waals surface area contributed by atoms with E-state index in [1.54, 1.807) is 12.1 Å². The predicted molar refractivity (Wildman–Crippen MR) is 84.7 cm³/mol. The largest absolute Gasteiger partial charge is 0.279 e. The molecule has 1 aromatic heterocycles. The molecule has 0 bridgehead atoms. The third kappa shape index (κ3) is 4.18. The zero-order chi connectivity index (χ0) is 14.6. The third-order valence-electron chi connectivity index (χ3n) is 2.51. The number of benzene rings is 1. The maximum Gasteiger partial charge on any atom is 0.255 e. The van der Waals surface area contributed by atoms with Crippen molar-refractivity contribution in [3.05, 3.63) is 63.7 Å². The first-order valence-electron chi connectivity index (χ1n) is 5.84. The van der Waals surface area contributed by atoms with Crippen molar-refractivity contribution in [1.29, 1.82) is 0 Å². The van der Waals surface area contributed by atoms with E-state index in [4.69, 9.17) is 0 Å². The Bertz CT molecular complexity index is 728. The van der Waals surface area contributed by atoms with Crippen LogP contribution in [0.3, 0.4) is 0 Å². The van der Waals surface area contributed by atoms with Gasteiger partial charge in [-0.3, -0.25) is 4.72 Å². The molecule has 0 saturated heterocycles. The molecule has 0 aliphatic carbocycles. The van der Waals surface area contributed by atoms with Crippen molar-refractivity contribution in [2.75, 3.05) is 4.72 Å². The lowest BCUT2D eigenvalue weighted by molar-refractivity contribution is 0.609. The molecule has 0 atom stereocenters. The molecule has 2 aromatic rings. The van der Waals surface area contributed by atoms with Crippen LogP contribution in [-0.2, 0) is 10.0 Å². The zero-order valence-corrected chi connectivity index (χ0v) is 13.1. The summed E-state index contributed by atoms with van der Waals surface area (Å²) >= 11 is 3.27. The predicted octanol–water partition coefficient (Wildman–Crippen LogP) is 3.57. The number of rotatable bonds is 4. The molecule has 20 heavy (non-hydrogen) atoms. The van der Waals surface area contributed by atoms with Crippen LogP contribution in [-0.4, -0.2) is 13.4 Å². The van der Waals surface area contributed by atoms with Crippen LogP contribution >= 0.6 is 15.9 Å². The number of anilines is 1. The summed E-state index contributed by atoms with van der Waals surface area (Å²) < 4.78 is 27.0. The molecule has 1 N–H and O–H groups in total. The molecule has 0 amide bonds. The van der Waals surface area contributed by atoms with Gasteiger partial charge in [0.15, 0.2) is 0 Å². The Hall–Kier alpha value is -1.66. The lowest BCUT2D eigenvalue weighted by Gasteiger charge is -2.05. The SMILES string of the molecule is Cc1cc(NS(=O)(=O)/C=C/c2ccccc2)cnc1Br. The highest BCUT2D eigenvalue weighted by Crippen LogP contribution is 2.18. The van der Waals surface area contributed by atoms with Crippen molar-refractivity contribution >= 4 is 37.7 Å². The molecule has 1 aromatic carbocycles. The van der Waals surface area contributed by atoms with Gasteiger partial charge in [-0.2, -0.15) is 0 Å². The highest BCUT2D eigenvalue weighted by molar-refractivity contribution is 9.10. The maximum atomic E-state index is 11.9. The minimum absolute atomic E-state index is 0.434. The molecular formula is C14H13BrN2O2S. The third-order valence-corrected chi connectivity index (χ3v) is 4.36. The van der Waals surface area contributed by atoms with Crippen LogP contribution in [0.15, 0.2) is 52.6 Å². The van der Waals surface area contributed by atoms with Gasteiger partial charge in [0, 0.05) is 0 Å². The summed E-state index contributed by atoms with van der Waals surface area (Å²) in [7, 11) is -3.55. The summed E-state index contributed by atoms with van der Waals surface area (Å²) in [6.07, 6.45) is 3.01. The standard InChI is InChI=1S/C14H13BrN2O2S/c1-11-9-13(10-16-14(11)15)17-20(18,19)8-7-12-5-3-2-4-6-12/h2-10,17H,1H3/b8-7+. The number of aryl methyl sites for hydroxylation is 1. The van der Waals surface area contributed by atoms with Gasteiger partial charge in [0.05, 0.1) is 17.3 Å². The highest BCUT2D eigenvalue weighted by Gasteiger charge is 2.07. The van der Waals surface area contributed by atoms with E-state index >= 15 is 0 Å². The Balaban J connectivity index is 2.15. The molecule has 0 unspecified atom stereocenters. The number of nitrogens with zero attached hydrogens (tertiary/aromatic N) is 1. The number of sulfonamides is 1. The maximum absolute atomic E-state index is 11.9. The Kier molecular flexibility index (Phi) is 4.57. The van der Waals surface area contributed by atoms with E-state index in [0.717, 1.165) is 16.5 Å². The van der Waals surface area contributed by atoms with Gasteiger partial charge in [0.1, 0.15) is 4.60 Å². The number of halogens is 1. The van der Waals surface area contributed by atoms with Crippen molar-refractivity contribution in [2.45, 2.75) is 6.92 Å². The fraction of sp³-hybridized carbons (Fsp3) is 0.0714. The van der Waals surface area contributed by atoms with Gasteiger partial charge in [-0.15, -0.1) is 0 Å². The van der Waals surface area contributed by atoms with Gasteiger partial charge in [0.2, 0.25) is 0 Å². The summed E-state index contributed by atoms with van der Waals surface area (Å²) in [5, 5.41) is 1.14. The van der Waals surface area contributed by atoms with Crippen LogP contribution in [0.5, 0.6) is 0 Å². The van der Waals surface area contributed by atoms with Crippen molar-refractivity contribution in [1.82, 2.24) is 4.98 Å². The van der Waals surface area contributed by atoms with E-state index in [1.165, 1.54) is 6.20 Å². The van der Waals surface area contributed by atoms with Crippen LogP contribution in [0.4, 0.5) is 5.69 Å². The molecule has 0 aliphatic heterocycles. The first kappa shape index (κ1) is 14.7. The zero-order valence-electron chi connectivity index (χ0n) is 10.7. The fourth-order valence-corrected chi connectivity index (χ4v) is 2.61. The van der Waals surface area contributed by atoms with Crippen molar-refractivity contribution in [2.24, 2.45) is 0 Å². The van der Waals surface area contributed by atoms with Gasteiger partial charge in [-0.05, 0) is 46.1 Å². The van der Waals surface area contributed by atoms with Crippen molar-refractivity contribution in [3.8, 4) is 0 Å². The molecule has 0 saturated carbocycles. The minimum Gasteiger partial charge on any atom is -0.279 e. The lowest BCUT2D eigenvalue weighted by atomic mass is 10.2. The van der Waals surface area contributed by atoms with E-state index in [2.05, 4.69) is 25.6 Å². The fourth-order valence-electron chi connectivity index (χ4n) is 1.54. The average Bonchev–Trinajstić information content (AvgIpc) is 2.42. The highest BCUT2D eigenvalue weighted by atomic mass is 79.9. The minimum atomic E-state index is -3.55. The van der Waals surface area contributed by atoms with E-state index in [-0.39, 0.29) is 0 Å². The number of pyridine rings is 1. The lowest BCUT2D eigenvalue weighted by Crippen LogP contribution is -2.09. The summed E-state index contributed by atoms with van der Waals surface area (Å²) in [6.45, 7) is 1.84. The molecule has 0 aliphatic rings. The van der Waals surface area contributed by atoms with Gasteiger partial charge in [-0.25, -0.2) is 13.4 Å². The van der Waals surface area contributed by atoms with Crippen LogP contribution in [0.2, 0.25) is 0 Å². The van der Waals surface area contributed by atoms with Gasteiger partial charge in [0.25, 0.3) is 10.0 Å². The molecule has 0 spiro atoms. The first-order valence-corrected chi connectivity index (χ1v) is 8.18. The Morgan fingerprint density at radius 3 is 2.60 bits per heavy atom.